The third-order valence-corrected chi connectivity index (χ3v) is 2.91. The minimum atomic E-state index is -0.472. The molecule has 0 amide bonds. The van der Waals surface area contributed by atoms with Gasteiger partial charge in [-0.15, -0.1) is 0 Å². The zero-order valence-electron chi connectivity index (χ0n) is 6.80. The number of anilines is 1. The summed E-state index contributed by atoms with van der Waals surface area (Å²) in [6.45, 7) is 0.314. The Balaban J connectivity index is 2.53. The molecule has 0 unspecified atom stereocenters. The van der Waals surface area contributed by atoms with Gasteiger partial charge in [0.2, 0.25) is 0 Å². The molecule has 70 valence electrons. The normalized spacial score (nSPS) is 21.2. The number of aliphatic hydroxyl groups is 1. The first-order chi connectivity index (χ1) is 6.16. The molecule has 1 aliphatic heterocycles. The Kier molecular flexibility index (Phi) is 2.01. The number of hydrogen-bond donors (Lipinski definition) is 2. The van der Waals surface area contributed by atoms with Crippen LogP contribution in [0.3, 0.4) is 0 Å². The highest BCUT2D eigenvalue weighted by atomic mass is 32.2. The van der Waals surface area contributed by atoms with Crippen LogP contribution in [0.5, 0.6) is 0 Å². The van der Waals surface area contributed by atoms with Gasteiger partial charge >= 0.3 is 0 Å². The van der Waals surface area contributed by atoms with Crippen LogP contribution >= 0.6 is 11.8 Å². The number of rotatable bonds is 0. The first-order valence-corrected chi connectivity index (χ1v) is 4.83. The van der Waals surface area contributed by atoms with Gasteiger partial charge in [-0.1, -0.05) is 11.8 Å². The first kappa shape index (κ1) is 8.58. The summed E-state index contributed by atoms with van der Waals surface area (Å²) in [4.78, 5) is 15.4. The second-order valence-corrected chi connectivity index (χ2v) is 3.86. The van der Waals surface area contributed by atoms with E-state index in [4.69, 9.17) is 5.73 Å². The Bertz CT molecular complexity index is 390. The molecule has 5 nitrogen and oxygen atoms in total. The Morgan fingerprint density at radius 2 is 2.54 bits per heavy atom. The van der Waals surface area contributed by atoms with E-state index in [2.05, 4.69) is 4.98 Å². The predicted octanol–water partition coefficient (Wildman–Crippen LogP) is -0.708. The zero-order chi connectivity index (χ0) is 9.42. The third-order valence-electron chi connectivity index (χ3n) is 1.79. The zero-order valence-corrected chi connectivity index (χ0v) is 7.62. The van der Waals surface area contributed by atoms with Crippen molar-refractivity contribution in [3.63, 3.8) is 0 Å². The minimum Gasteiger partial charge on any atom is -0.390 e. The van der Waals surface area contributed by atoms with Gasteiger partial charge in [0, 0.05) is 11.8 Å². The molecule has 0 aliphatic carbocycles. The van der Waals surface area contributed by atoms with E-state index in [9.17, 15) is 9.90 Å². The highest BCUT2D eigenvalue weighted by molar-refractivity contribution is 7.99. The van der Waals surface area contributed by atoms with Crippen molar-refractivity contribution in [3.05, 3.63) is 16.4 Å². The van der Waals surface area contributed by atoms with E-state index in [1.807, 2.05) is 0 Å². The van der Waals surface area contributed by atoms with E-state index >= 15 is 0 Å². The lowest BCUT2D eigenvalue weighted by atomic mass is 10.4. The van der Waals surface area contributed by atoms with Crippen LogP contribution in [0.1, 0.15) is 0 Å². The smallest absolute Gasteiger partial charge is 0.256 e. The lowest BCUT2D eigenvalue weighted by Gasteiger charge is -2.20. The molecule has 3 N–H and O–H groups in total. The molecular weight excluding hydrogens is 190 g/mol. The summed E-state index contributed by atoms with van der Waals surface area (Å²) in [7, 11) is 0. The molecule has 0 bridgehead atoms. The summed E-state index contributed by atoms with van der Waals surface area (Å²) in [6, 6.07) is 1.27. The number of hydrogen-bond acceptors (Lipinski definition) is 5. The number of nitrogens with two attached hydrogens (primary N) is 1. The molecule has 1 aromatic rings. The fraction of sp³-hybridized carbons (Fsp3) is 0.429. The van der Waals surface area contributed by atoms with Crippen molar-refractivity contribution in [2.45, 2.75) is 17.8 Å². The van der Waals surface area contributed by atoms with Crippen LogP contribution in [-0.2, 0) is 6.54 Å². The largest absolute Gasteiger partial charge is 0.390 e. The quantitative estimate of drug-likeness (QED) is 0.539. The summed E-state index contributed by atoms with van der Waals surface area (Å²) < 4.78 is 1.44. The van der Waals surface area contributed by atoms with Crippen LogP contribution in [0.2, 0.25) is 0 Å². The van der Waals surface area contributed by atoms with Crippen LogP contribution in [0.25, 0.3) is 0 Å². The van der Waals surface area contributed by atoms with Crippen molar-refractivity contribution < 1.29 is 5.11 Å². The number of fused-ring (bicyclic) bond motifs is 1. The highest BCUT2D eigenvalue weighted by Gasteiger charge is 2.18. The van der Waals surface area contributed by atoms with E-state index in [0.29, 0.717) is 17.5 Å². The molecule has 13 heavy (non-hydrogen) atoms. The van der Waals surface area contributed by atoms with Crippen molar-refractivity contribution in [2.24, 2.45) is 0 Å². The first-order valence-electron chi connectivity index (χ1n) is 3.85. The third kappa shape index (κ3) is 1.54. The highest BCUT2D eigenvalue weighted by Crippen LogP contribution is 2.21. The molecule has 0 fully saturated rings. The Morgan fingerprint density at radius 1 is 1.77 bits per heavy atom. The summed E-state index contributed by atoms with van der Waals surface area (Å²) in [6.07, 6.45) is -0.472. The van der Waals surface area contributed by atoms with Gasteiger partial charge in [-0.25, -0.2) is 4.98 Å². The average Bonchev–Trinajstić information content (AvgIpc) is 2.06. The van der Waals surface area contributed by atoms with Crippen LogP contribution in [-0.4, -0.2) is 26.5 Å². The van der Waals surface area contributed by atoms with Crippen molar-refractivity contribution >= 4 is 17.6 Å². The van der Waals surface area contributed by atoms with E-state index < -0.39 is 6.10 Å². The van der Waals surface area contributed by atoms with Gasteiger partial charge in [-0.2, -0.15) is 0 Å². The standard InChI is InChI=1S/C7H9N3O2S/c8-5-1-6(12)10-2-4(11)3-13-7(10)9-5/h1,4,11H,2-3,8H2/t4-/m1/s1. The molecule has 0 spiro atoms. The summed E-state index contributed by atoms with van der Waals surface area (Å²) in [5, 5.41) is 9.90. The molecule has 0 saturated heterocycles. The fourth-order valence-electron chi connectivity index (χ4n) is 1.21. The van der Waals surface area contributed by atoms with Crippen molar-refractivity contribution in [3.8, 4) is 0 Å². The van der Waals surface area contributed by atoms with Crippen LogP contribution < -0.4 is 11.3 Å². The van der Waals surface area contributed by atoms with Gasteiger partial charge in [0.1, 0.15) is 5.82 Å². The van der Waals surface area contributed by atoms with E-state index in [0.717, 1.165) is 0 Å². The maximum absolute atomic E-state index is 11.3. The lowest BCUT2D eigenvalue weighted by molar-refractivity contribution is 0.167. The molecule has 6 heteroatoms. The van der Waals surface area contributed by atoms with Gasteiger partial charge in [-0.05, 0) is 0 Å². The minimum absolute atomic E-state index is 0.200. The molecular formula is C7H9N3O2S. The van der Waals surface area contributed by atoms with Crippen LogP contribution in [0.15, 0.2) is 16.0 Å². The van der Waals surface area contributed by atoms with E-state index in [1.165, 1.54) is 22.4 Å². The molecule has 0 aromatic carbocycles. The van der Waals surface area contributed by atoms with Gasteiger partial charge in [0.15, 0.2) is 5.16 Å². The van der Waals surface area contributed by atoms with Gasteiger partial charge in [0.05, 0.1) is 12.6 Å². The molecule has 2 rings (SSSR count). The number of aromatic nitrogens is 2. The second-order valence-electron chi connectivity index (χ2n) is 2.88. The van der Waals surface area contributed by atoms with Gasteiger partial charge < -0.3 is 10.8 Å². The summed E-state index contributed by atoms with van der Waals surface area (Å²) in [5.74, 6) is 0.802. The predicted molar refractivity (Wildman–Crippen MR) is 49.6 cm³/mol. The topological polar surface area (TPSA) is 81.1 Å². The van der Waals surface area contributed by atoms with Crippen molar-refractivity contribution in [1.29, 1.82) is 0 Å². The molecule has 1 aromatic heterocycles. The number of nitrogen functional groups attached to an aromatic ring is 1. The lowest BCUT2D eigenvalue weighted by Crippen LogP contribution is -2.33. The maximum atomic E-state index is 11.3. The number of aliphatic hydroxyl groups excluding tert-OH is 1. The summed E-state index contributed by atoms with van der Waals surface area (Å²) >= 11 is 1.35. The Hall–Kier alpha value is -1.01. The number of nitrogens with zero attached hydrogens (tertiary/aromatic N) is 2. The molecule has 1 atom stereocenters. The van der Waals surface area contributed by atoms with Crippen molar-refractivity contribution in [1.82, 2.24) is 9.55 Å². The van der Waals surface area contributed by atoms with Crippen molar-refractivity contribution in [2.75, 3.05) is 11.5 Å². The fourth-order valence-corrected chi connectivity index (χ4v) is 2.15. The monoisotopic (exact) mass is 199 g/mol. The molecule has 0 saturated carbocycles. The SMILES string of the molecule is Nc1cc(=O)n2c(n1)SC[C@H](O)C2. The van der Waals surface area contributed by atoms with Gasteiger partial charge in [0.25, 0.3) is 5.56 Å². The molecule has 1 aliphatic rings. The van der Waals surface area contributed by atoms with E-state index in [1.54, 1.807) is 0 Å². The summed E-state index contributed by atoms with van der Waals surface area (Å²) in [5.41, 5.74) is 5.22. The van der Waals surface area contributed by atoms with E-state index in [-0.39, 0.29) is 11.4 Å². The van der Waals surface area contributed by atoms with Crippen LogP contribution in [0.4, 0.5) is 5.82 Å². The average molecular weight is 199 g/mol. The second kappa shape index (κ2) is 3.04. The van der Waals surface area contributed by atoms with Crippen LogP contribution in [0, 0.1) is 0 Å². The van der Waals surface area contributed by atoms with Gasteiger partial charge in [-0.3, -0.25) is 9.36 Å². The molecule has 0 radical (unpaired) electrons. The Labute approximate surface area is 78.6 Å². The maximum Gasteiger partial charge on any atom is 0.256 e. The Morgan fingerprint density at radius 3 is 3.31 bits per heavy atom. The molecule has 2 heterocycles. The number of thioether (sulfide) groups is 1.